The van der Waals surface area contributed by atoms with Crippen LogP contribution in [-0.2, 0) is 6.54 Å². The molecule has 0 unspecified atom stereocenters. The molecular formula is C14H21NO. The van der Waals surface area contributed by atoms with Crippen LogP contribution in [0.2, 0.25) is 0 Å². The van der Waals surface area contributed by atoms with Gasteiger partial charge in [0.2, 0.25) is 0 Å². The number of carbonyl (C=O) groups excluding carboxylic acids is 1. The number of benzene rings is 1. The Bertz CT molecular complexity index is 333. The van der Waals surface area contributed by atoms with Crippen molar-refractivity contribution in [2.75, 3.05) is 0 Å². The summed E-state index contributed by atoms with van der Waals surface area (Å²) in [5.41, 5.74) is 7.38. The Morgan fingerprint density at radius 1 is 1.19 bits per heavy atom. The van der Waals surface area contributed by atoms with Crippen molar-refractivity contribution in [2.45, 2.75) is 45.6 Å². The Morgan fingerprint density at radius 2 is 1.94 bits per heavy atom. The lowest BCUT2D eigenvalue weighted by atomic mass is 9.99. The lowest BCUT2D eigenvalue weighted by molar-refractivity contribution is 0.0978. The van der Waals surface area contributed by atoms with Gasteiger partial charge < -0.3 is 5.73 Å². The molecule has 0 aromatic heterocycles. The fourth-order valence-corrected chi connectivity index (χ4v) is 1.82. The van der Waals surface area contributed by atoms with Crippen LogP contribution >= 0.6 is 0 Å². The minimum absolute atomic E-state index is 0.233. The van der Waals surface area contributed by atoms with E-state index in [0.717, 1.165) is 24.0 Å². The molecule has 1 rings (SSSR count). The minimum Gasteiger partial charge on any atom is -0.326 e. The van der Waals surface area contributed by atoms with Gasteiger partial charge in [-0.25, -0.2) is 0 Å². The normalized spacial score (nSPS) is 10.4. The van der Waals surface area contributed by atoms with E-state index in [1.807, 2.05) is 24.3 Å². The van der Waals surface area contributed by atoms with E-state index in [4.69, 9.17) is 5.73 Å². The first-order chi connectivity index (χ1) is 7.79. The second kappa shape index (κ2) is 7.18. The molecular weight excluding hydrogens is 198 g/mol. The highest BCUT2D eigenvalue weighted by atomic mass is 16.1. The number of rotatable bonds is 7. The van der Waals surface area contributed by atoms with Gasteiger partial charge in [0.25, 0.3) is 0 Å². The molecule has 0 saturated heterocycles. The van der Waals surface area contributed by atoms with Crippen LogP contribution in [0.1, 0.15) is 54.9 Å². The molecule has 88 valence electrons. The quantitative estimate of drug-likeness (QED) is 0.565. The summed E-state index contributed by atoms with van der Waals surface area (Å²) in [6.07, 6.45) is 5.20. The first-order valence-corrected chi connectivity index (χ1v) is 6.10. The van der Waals surface area contributed by atoms with Crippen molar-refractivity contribution < 1.29 is 4.79 Å². The van der Waals surface area contributed by atoms with Crippen molar-refractivity contribution in [3.05, 3.63) is 35.4 Å². The average Bonchev–Trinajstić information content (AvgIpc) is 2.34. The van der Waals surface area contributed by atoms with Crippen LogP contribution in [0.4, 0.5) is 0 Å². The van der Waals surface area contributed by atoms with Gasteiger partial charge in [0.05, 0.1) is 0 Å². The summed E-state index contributed by atoms with van der Waals surface area (Å²) in [7, 11) is 0. The standard InChI is InChI=1S/C14H21NO/c1-2-3-4-5-10-14(16)13-9-7-6-8-12(13)11-15/h6-9H,2-5,10-11,15H2,1H3. The van der Waals surface area contributed by atoms with Crippen LogP contribution < -0.4 is 5.73 Å². The summed E-state index contributed by atoms with van der Waals surface area (Å²) in [4.78, 5) is 11.9. The second-order valence-corrected chi connectivity index (χ2v) is 4.10. The Morgan fingerprint density at radius 3 is 2.62 bits per heavy atom. The van der Waals surface area contributed by atoms with Gasteiger partial charge in [-0.15, -0.1) is 0 Å². The van der Waals surface area contributed by atoms with E-state index in [1.54, 1.807) is 0 Å². The molecule has 2 N–H and O–H groups in total. The minimum atomic E-state index is 0.233. The smallest absolute Gasteiger partial charge is 0.163 e. The van der Waals surface area contributed by atoms with Crippen LogP contribution in [0.3, 0.4) is 0 Å². The number of nitrogens with two attached hydrogens (primary N) is 1. The van der Waals surface area contributed by atoms with Crippen molar-refractivity contribution in [1.29, 1.82) is 0 Å². The van der Waals surface area contributed by atoms with Crippen LogP contribution in [0, 0.1) is 0 Å². The third-order valence-electron chi connectivity index (χ3n) is 2.80. The van der Waals surface area contributed by atoms with Crippen LogP contribution in [0.5, 0.6) is 0 Å². The highest BCUT2D eigenvalue weighted by molar-refractivity contribution is 5.97. The topological polar surface area (TPSA) is 43.1 Å². The summed E-state index contributed by atoms with van der Waals surface area (Å²) < 4.78 is 0. The first-order valence-electron chi connectivity index (χ1n) is 6.10. The summed E-state index contributed by atoms with van der Waals surface area (Å²) in [5, 5.41) is 0. The molecule has 0 atom stereocenters. The average molecular weight is 219 g/mol. The van der Waals surface area contributed by atoms with Crippen LogP contribution in [0.15, 0.2) is 24.3 Å². The molecule has 0 aliphatic heterocycles. The zero-order valence-corrected chi connectivity index (χ0v) is 10.0. The van der Waals surface area contributed by atoms with E-state index in [9.17, 15) is 4.79 Å². The Balaban J connectivity index is 2.52. The van der Waals surface area contributed by atoms with E-state index in [1.165, 1.54) is 12.8 Å². The van der Waals surface area contributed by atoms with Gasteiger partial charge in [-0.2, -0.15) is 0 Å². The molecule has 0 heterocycles. The molecule has 2 heteroatoms. The molecule has 1 aromatic carbocycles. The van der Waals surface area contributed by atoms with Gasteiger partial charge in [-0.1, -0.05) is 50.5 Å². The molecule has 0 radical (unpaired) electrons. The predicted octanol–water partition coefficient (Wildman–Crippen LogP) is 3.30. The number of hydrogen-bond acceptors (Lipinski definition) is 2. The molecule has 1 aromatic rings. The van der Waals surface area contributed by atoms with E-state index >= 15 is 0 Å². The number of carbonyl (C=O) groups is 1. The predicted molar refractivity (Wildman–Crippen MR) is 67.4 cm³/mol. The molecule has 0 spiro atoms. The molecule has 0 fully saturated rings. The molecule has 0 saturated carbocycles. The zero-order chi connectivity index (χ0) is 11.8. The molecule has 16 heavy (non-hydrogen) atoms. The van der Waals surface area contributed by atoms with Crippen molar-refractivity contribution >= 4 is 5.78 Å². The number of ketones is 1. The number of unbranched alkanes of at least 4 members (excludes halogenated alkanes) is 3. The molecule has 0 amide bonds. The van der Waals surface area contributed by atoms with E-state index in [0.29, 0.717) is 13.0 Å². The summed E-state index contributed by atoms with van der Waals surface area (Å²) in [6, 6.07) is 7.64. The molecule has 2 nitrogen and oxygen atoms in total. The molecule has 0 aliphatic rings. The summed E-state index contributed by atoms with van der Waals surface area (Å²) in [6.45, 7) is 2.61. The van der Waals surface area contributed by atoms with Crippen LogP contribution in [-0.4, -0.2) is 5.78 Å². The maximum Gasteiger partial charge on any atom is 0.163 e. The maximum absolute atomic E-state index is 11.9. The highest BCUT2D eigenvalue weighted by Gasteiger charge is 2.08. The summed E-state index contributed by atoms with van der Waals surface area (Å²) >= 11 is 0. The van der Waals surface area contributed by atoms with Gasteiger partial charge in [-0.3, -0.25) is 4.79 Å². The van der Waals surface area contributed by atoms with Crippen LogP contribution in [0.25, 0.3) is 0 Å². The van der Waals surface area contributed by atoms with Crippen molar-refractivity contribution in [3.8, 4) is 0 Å². The highest BCUT2D eigenvalue weighted by Crippen LogP contribution is 2.13. The van der Waals surface area contributed by atoms with Crippen molar-refractivity contribution in [2.24, 2.45) is 5.73 Å². The van der Waals surface area contributed by atoms with Crippen molar-refractivity contribution in [1.82, 2.24) is 0 Å². The SMILES string of the molecule is CCCCCCC(=O)c1ccccc1CN. The summed E-state index contributed by atoms with van der Waals surface area (Å²) in [5.74, 6) is 0.233. The van der Waals surface area contributed by atoms with Gasteiger partial charge in [0, 0.05) is 18.5 Å². The monoisotopic (exact) mass is 219 g/mol. The largest absolute Gasteiger partial charge is 0.326 e. The van der Waals surface area contributed by atoms with Crippen molar-refractivity contribution in [3.63, 3.8) is 0 Å². The van der Waals surface area contributed by atoms with Gasteiger partial charge >= 0.3 is 0 Å². The lowest BCUT2D eigenvalue weighted by Crippen LogP contribution is -2.07. The Labute approximate surface area is 97.9 Å². The third-order valence-corrected chi connectivity index (χ3v) is 2.80. The zero-order valence-electron chi connectivity index (χ0n) is 10.0. The Hall–Kier alpha value is -1.15. The van der Waals surface area contributed by atoms with E-state index < -0.39 is 0 Å². The Kier molecular flexibility index (Phi) is 5.79. The van der Waals surface area contributed by atoms with Gasteiger partial charge in [-0.05, 0) is 12.0 Å². The number of hydrogen-bond donors (Lipinski definition) is 1. The molecule has 0 aliphatic carbocycles. The van der Waals surface area contributed by atoms with E-state index in [-0.39, 0.29) is 5.78 Å². The second-order valence-electron chi connectivity index (χ2n) is 4.10. The first kappa shape index (κ1) is 12.9. The number of Topliss-reactive ketones (excluding diaryl/α,β-unsaturated/α-hetero) is 1. The van der Waals surface area contributed by atoms with Gasteiger partial charge in [0.15, 0.2) is 5.78 Å². The maximum atomic E-state index is 11.9. The fraction of sp³-hybridized carbons (Fsp3) is 0.500. The fourth-order valence-electron chi connectivity index (χ4n) is 1.82. The molecule has 0 bridgehead atoms. The van der Waals surface area contributed by atoms with Gasteiger partial charge in [0.1, 0.15) is 0 Å². The lowest BCUT2D eigenvalue weighted by Gasteiger charge is -2.06. The van der Waals surface area contributed by atoms with E-state index in [2.05, 4.69) is 6.92 Å². The third kappa shape index (κ3) is 3.78.